The van der Waals surface area contributed by atoms with Gasteiger partial charge in [0, 0.05) is 21.2 Å². The molecule has 0 N–H and O–H groups in total. The fourth-order valence-corrected chi connectivity index (χ4v) is 2.03. The molecule has 0 bridgehead atoms. The zero-order valence-electron chi connectivity index (χ0n) is 8.88. The summed E-state index contributed by atoms with van der Waals surface area (Å²) < 4.78 is 28.0. The van der Waals surface area contributed by atoms with Gasteiger partial charge in [0.1, 0.15) is 12.1 Å². The average molecular weight is 332 g/mol. The van der Waals surface area contributed by atoms with Crippen molar-refractivity contribution >= 4 is 33.8 Å². The van der Waals surface area contributed by atoms with Gasteiger partial charge in [-0.25, -0.2) is 8.78 Å². The summed E-state index contributed by atoms with van der Waals surface area (Å²) in [6.45, 7) is 0. The molecule has 5 heteroatoms. The van der Waals surface area contributed by atoms with Gasteiger partial charge in [-0.1, -0.05) is 17.7 Å². The maximum absolute atomic E-state index is 13.9. The number of aldehydes is 1. The molecule has 0 aliphatic carbocycles. The number of halogens is 4. The molecule has 2 rings (SSSR count). The highest BCUT2D eigenvalue weighted by Crippen LogP contribution is 2.34. The Bertz CT molecular complexity index is 629. The van der Waals surface area contributed by atoms with Crippen LogP contribution in [0.3, 0.4) is 0 Å². The van der Waals surface area contributed by atoms with Gasteiger partial charge in [0.15, 0.2) is 5.82 Å². The van der Waals surface area contributed by atoms with E-state index in [0.29, 0.717) is 10.8 Å². The summed E-state index contributed by atoms with van der Waals surface area (Å²) in [5, 5.41) is -0.122. The molecule has 1 nitrogen and oxygen atoms in total. The molecular formula is C13H6BrClF2O. The number of carbonyl (C=O) groups is 1. The van der Waals surface area contributed by atoms with Crippen LogP contribution in [0.4, 0.5) is 8.78 Å². The van der Waals surface area contributed by atoms with Crippen molar-refractivity contribution in [3.05, 3.63) is 57.0 Å². The Morgan fingerprint density at radius 1 is 1.11 bits per heavy atom. The molecule has 0 radical (unpaired) electrons. The van der Waals surface area contributed by atoms with E-state index >= 15 is 0 Å². The van der Waals surface area contributed by atoms with Crippen LogP contribution in [0, 0.1) is 11.6 Å². The summed E-state index contributed by atoms with van der Waals surface area (Å²) in [5.74, 6) is -1.34. The van der Waals surface area contributed by atoms with Crippen molar-refractivity contribution in [1.29, 1.82) is 0 Å². The first-order chi connectivity index (χ1) is 8.54. The fourth-order valence-electron chi connectivity index (χ4n) is 1.56. The average Bonchev–Trinajstić information content (AvgIpc) is 2.37. The fraction of sp³-hybridized carbons (Fsp3) is 0. The van der Waals surface area contributed by atoms with Crippen LogP contribution < -0.4 is 0 Å². The number of carbonyl (C=O) groups excluding carboxylic acids is 1. The molecule has 0 spiro atoms. The molecule has 0 saturated heterocycles. The first-order valence-electron chi connectivity index (χ1n) is 4.93. The topological polar surface area (TPSA) is 17.1 Å². The van der Waals surface area contributed by atoms with Crippen molar-refractivity contribution in [2.75, 3.05) is 0 Å². The van der Waals surface area contributed by atoms with Gasteiger partial charge >= 0.3 is 0 Å². The Morgan fingerprint density at radius 3 is 2.50 bits per heavy atom. The maximum Gasteiger partial charge on any atom is 0.150 e. The van der Waals surface area contributed by atoms with Crippen molar-refractivity contribution in [3.63, 3.8) is 0 Å². The summed E-state index contributed by atoms with van der Waals surface area (Å²) in [6, 6.07) is 6.65. The Kier molecular flexibility index (Phi) is 3.78. The SMILES string of the molecule is O=Cc1ccc(F)c(-c2ccc(Br)c(Cl)c2F)c1. The molecule has 2 aromatic carbocycles. The largest absolute Gasteiger partial charge is 0.298 e. The van der Waals surface area contributed by atoms with Crippen molar-refractivity contribution in [1.82, 2.24) is 0 Å². The third-order valence-electron chi connectivity index (χ3n) is 2.45. The number of rotatable bonds is 2. The molecule has 0 aliphatic heterocycles. The summed E-state index contributed by atoms with van der Waals surface area (Å²) in [7, 11) is 0. The van der Waals surface area contributed by atoms with Crippen molar-refractivity contribution in [2.24, 2.45) is 0 Å². The summed E-state index contributed by atoms with van der Waals surface area (Å²) >= 11 is 8.82. The summed E-state index contributed by atoms with van der Waals surface area (Å²) in [5.41, 5.74) is 0.292. The van der Waals surface area contributed by atoms with Crippen molar-refractivity contribution in [2.45, 2.75) is 0 Å². The minimum atomic E-state index is -0.729. The quantitative estimate of drug-likeness (QED) is 0.567. The Morgan fingerprint density at radius 2 is 1.83 bits per heavy atom. The summed E-state index contributed by atoms with van der Waals surface area (Å²) in [6.07, 6.45) is 0.571. The number of hydrogen-bond donors (Lipinski definition) is 0. The normalized spacial score (nSPS) is 10.4. The van der Waals surface area contributed by atoms with Crippen molar-refractivity contribution in [3.8, 4) is 11.1 Å². The van der Waals surface area contributed by atoms with E-state index in [1.165, 1.54) is 24.3 Å². The highest BCUT2D eigenvalue weighted by atomic mass is 79.9. The predicted molar refractivity (Wildman–Crippen MR) is 69.9 cm³/mol. The van der Waals surface area contributed by atoms with E-state index < -0.39 is 11.6 Å². The minimum absolute atomic E-state index is 0.00602. The van der Waals surface area contributed by atoms with Crippen LogP contribution in [-0.4, -0.2) is 6.29 Å². The van der Waals surface area contributed by atoms with Crippen LogP contribution >= 0.6 is 27.5 Å². The molecule has 92 valence electrons. The highest BCUT2D eigenvalue weighted by Gasteiger charge is 2.15. The monoisotopic (exact) mass is 330 g/mol. The van der Waals surface area contributed by atoms with Crippen LogP contribution in [0.25, 0.3) is 11.1 Å². The third kappa shape index (κ3) is 2.31. The summed E-state index contributed by atoms with van der Waals surface area (Å²) in [4.78, 5) is 10.7. The van der Waals surface area contributed by atoms with Crippen LogP contribution in [0.5, 0.6) is 0 Å². The van der Waals surface area contributed by atoms with Gasteiger partial charge in [-0.15, -0.1) is 0 Å². The molecule has 0 aromatic heterocycles. The van der Waals surface area contributed by atoms with Gasteiger partial charge < -0.3 is 0 Å². The second-order valence-corrected chi connectivity index (χ2v) is 4.81. The van der Waals surface area contributed by atoms with Crippen LogP contribution in [0.1, 0.15) is 10.4 Å². The molecular weight excluding hydrogens is 325 g/mol. The lowest BCUT2D eigenvalue weighted by molar-refractivity contribution is 0.112. The number of benzene rings is 2. The first kappa shape index (κ1) is 13.2. The lowest BCUT2D eigenvalue weighted by Gasteiger charge is -2.08. The standard InChI is InChI=1S/C13H6BrClF2O/c14-10-3-2-8(13(17)12(10)15)9-5-7(6-18)1-4-11(9)16/h1-6H. The van der Waals surface area contributed by atoms with Crippen molar-refractivity contribution < 1.29 is 13.6 Å². The lowest BCUT2D eigenvalue weighted by atomic mass is 10.0. The molecule has 0 saturated carbocycles. The second-order valence-electron chi connectivity index (χ2n) is 3.58. The van der Waals surface area contributed by atoms with Gasteiger partial charge in [-0.3, -0.25) is 4.79 Å². The van der Waals surface area contributed by atoms with Gasteiger partial charge in [-0.2, -0.15) is 0 Å². The minimum Gasteiger partial charge on any atom is -0.298 e. The lowest BCUT2D eigenvalue weighted by Crippen LogP contribution is -1.92. The molecule has 0 atom stereocenters. The molecule has 0 aliphatic rings. The maximum atomic E-state index is 13.9. The van der Waals surface area contributed by atoms with E-state index in [1.807, 2.05) is 0 Å². The Hall–Kier alpha value is -1.26. The zero-order chi connectivity index (χ0) is 13.3. The molecule has 0 heterocycles. The van der Waals surface area contributed by atoms with Gasteiger partial charge in [0.25, 0.3) is 0 Å². The van der Waals surface area contributed by atoms with Gasteiger partial charge in [-0.05, 0) is 40.2 Å². The third-order valence-corrected chi connectivity index (χ3v) is 3.71. The molecule has 2 aromatic rings. The molecule has 0 fully saturated rings. The predicted octanol–water partition coefficient (Wildman–Crippen LogP) is 4.86. The van der Waals surface area contributed by atoms with Crippen LogP contribution in [0.2, 0.25) is 5.02 Å². The van der Waals surface area contributed by atoms with Gasteiger partial charge in [0.05, 0.1) is 5.02 Å². The second kappa shape index (κ2) is 5.16. The van der Waals surface area contributed by atoms with Crippen LogP contribution in [-0.2, 0) is 0 Å². The highest BCUT2D eigenvalue weighted by molar-refractivity contribution is 9.10. The molecule has 0 unspecified atom stereocenters. The first-order valence-corrected chi connectivity index (χ1v) is 6.10. The smallest absolute Gasteiger partial charge is 0.150 e. The van der Waals surface area contributed by atoms with E-state index in [2.05, 4.69) is 15.9 Å². The van der Waals surface area contributed by atoms with E-state index in [9.17, 15) is 13.6 Å². The zero-order valence-corrected chi connectivity index (χ0v) is 11.2. The Balaban J connectivity index is 2.69. The Labute approximate surface area is 116 Å². The van der Waals surface area contributed by atoms with E-state index in [1.54, 1.807) is 0 Å². The van der Waals surface area contributed by atoms with Gasteiger partial charge in [0.2, 0.25) is 0 Å². The molecule has 18 heavy (non-hydrogen) atoms. The van der Waals surface area contributed by atoms with E-state index in [4.69, 9.17) is 11.6 Å². The van der Waals surface area contributed by atoms with E-state index in [-0.39, 0.29) is 21.7 Å². The molecule has 0 amide bonds. The number of hydrogen-bond acceptors (Lipinski definition) is 1. The van der Waals surface area contributed by atoms with E-state index in [0.717, 1.165) is 6.07 Å². The van der Waals surface area contributed by atoms with Crippen LogP contribution in [0.15, 0.2) is 34.8 Å².